The van der Waals surface area contributed by atoms with E-state index < -0.39 is 5.97 Å². The van der Waals surface area contributed by atoms with Gasteiger partial charge in [0.2, 0.25) is 5.88 Å². The molecule has 0 aliphatic heterocycles. The summed E-state index contributed by atoms with van der Waals surface area (Å²) in [6, 6.07) is 0.150. The van der Waals surface area contributed by atoms with Crippen LogP contribution in [0.4, 0.5) is 0 Å². The third kappa shape index (κ3) is 2.15. The zero-order chi connectivity index (χ0) is 11.4. The first kappa shape index (κ1) is 11.2. The van der Waals surface area contributed by atoms with Crippen LogP contribution in [0.2, 0.25) is 0 Å². The lowest BCUT2D eigenvalue weighted by Crippen LogP contribution is -2.10. The zero-order valence-corrected chi connectivity index (χ0v) is 9.03. The first-order chi connectivity index (χ1) is 7.13. The van der Waals surface area contributed by atoms with Gasteiger partial charge in [-0.2, -0.15) is 9.97 Å². The number of carbonyl (C=O) groups excluding carboxylic acids is 1. The van der Waals surface area contributed by atoms with Crippen LogP contribution in [0.15, 0.2) is 0 Å². The van der Waals surface area contributed by atoms with E-state index >= 15 is 0 Å². The minimum atomic E-state index is -0.535. The number of aryl methyl sites for hydroxylation is 1. The standard InChI is InChI=1S/C9H12N2O4/c1-5-6(8(12)14-3)7(13-2)11-9(10-5)15-4/h1-4H3. The molecule has 6 nitrogen and oxygen atoms in total. The summed E-state index contributed by atoms with van der Waals surface area (Å²) in [6.45, 7) is 1.65. The monoisotopic (exact) mass is 212 g/mol. The van der Waals surface area contributed by atoms with Gasteiger partial charge in [0.25, 0.3) is 0 Å². The summed E-state index contributed by atoms with van der Waals surface area (Å²) in [5.74, 6) is -0.391. The summed E-state index contributed by atoms with van der Waals surface area (Å²) >= 11 is 0. The predicted molar refractivity (Wildman–Crippen MR) is 51.2 cm³/mol. The largest absolute Gasteiger partial charge is 0.480 e. The minimum Gasteiger partial charge on any atom is -0.480 e. The highest BCUT2D eigenvalue weighted by molar-refractivity contribution is 5.92. The van der Waals surface area contributed by atoms with E-state index in [0.29, 0.717) is 5.69 Å². The molecule has 0 saturated heterocycles. The number of aromatic nitrogens is 2. The molecular weight excluding hydrogens is 200 g/mol. The number of esters is 1. The molecule has 15 heavy (non-hydrogen) atoms. The zero-order valence-electron chi connectivity index (χ0n) is 9.03. The van der Waals surface area contributed by atoms with Gasteiger partial charge in [-0.1, -0.05) is 0 Å². The van der Waals surface area contributed by atoms with Gasteiger partial charge in [-0.3, -0.25) is 0 Å². The average Bonchev–Trinajstić information content (AvgIpc) is 2.26. The van der Waals surface area contributed by atoms with Crippen molar-refractivity contribution in [3.63, 3.8) is 0 Å². The van der Waals surface area contributed by atoms with E-state index in [1.54, 1.807) is 6.92 Å². The average molecular weight is 212 g/mol. The van der Waals surface area contributed by atoms with Crippen molar-refractivity contribution in [1.29, 1.82) is 0 Å². The molecule has 0 radical (unpaired) electrons. The minimum absolute atomic E-state index is 0.145. The van der Waals surface area contributed by atoms with Crippen LogP contribution >= 0.6 is 0 Å². The summed E-state index contributed by atoms with van der Waals surface area (Å²) in [6.07, 6.45) is 0. The van der Waals surface area contributed by atoms with Crippen LogP contribution in [-0.2, 0) is 4.74 Å². The first-order valence-corrected chi connectivity index (χ1v) is 4.19. The van der Waals surface area contributed by atoms with Crippen molar-refractivity contribution in [2.24, 2.45) is 0 Å². The van der Waals surface area contributed by atoms with Crippen LogP contribution in [0.3, 0.4) is 0 Å². The molecule has 0 aromatic carbocycles. The predicted octanol–water partition coefficient (Wildman–Crippen LogP) is 0.589. The molecule has 0 aliphatic rings. The molecule has 0 saturated carbocycles. The third-order valence-electron chi connectivity index (χ3n) is 1.80. The first-order valence-electron chi connectivity index (χ1n) is 4.19. The van der Waals surface area contributed by atoms with Crippen LogP contribution in [0, 0.1) is 6.92 Å². The van der Waals surface area contributed by atoms with E-state index in [2.05, 4.69) is 14.7 Å². The second-order valence-corrected chi connectivity index (χ2v) is 2.67. The van der Waals surface area contributed by atoms with Gasteiger partial charge in [0.05, 0.1) is 27.0 Å². The van der Waals surface area contributed by atoms with Crippen molar-refractivity contribution in [3.05, 3.63) is 11.3 Å². The van der Waals surface area contributed by atoms with E-state index in [4.69, 9.17) is 9.47 Å². The molecule has 0 unspecified atom stereocenters. The van der Waals surface area contributed by atoms with Gasteiger partial charge in [-0.25, -0.2) is 4.79 Å². The van der Waals surface area contributed by atoms with Gasteiger partial charge in [0, 0.05) is 0 Å². The van der Waals surface area contributed by atoms with Crippen LogP contribution in [0.25, 0.3) is 0 Å². The van der Waals surface area contributed by atoms with Crippen molar-refractivity contribution >= 4 is 5.97 Å². The summed E-state index contributed by atoms with van der Waals surface area (Å²) in [7, 11) is 4.13. The lowest BCUT2D eigenvalue weighted by molar-refractivity contribution is 0.0594. The summed E-state index contributed by atoms with van der Waals surface area (Å²) in [5, 5.41) is 0. The fourth-order valence-electron chi connectivity index (χ4n) is 1.10. The van der Waals surface area contributed by atoms with Gasteiger partial charge in [0.15, 0.2) is 0 Å². The van der Waals surface area contributed by atoms with Gasteiger partial charge in [-0.05, 0) is 6.92 Å². The molecule has 0 N–H and O–H groups in total. The third-order valence-corrected chi connectivity index (χ3v) is 1.80. The molecule has 0 bridgehead atoms. The Morgan fingerprint density at radius 2 is 1.80 bits per heavy atom. The van der Waals surface area contributed by atoms with Crippen LogP contribution in [0.1, 0.15) is 16.1 Å². The Morgan fingerprint density at radius 3 is 2.27 bits per heavy atom. The Hall–Kier alpha value is -1.85. The second-order valence-electron chi connectivity index (χ2n) is 2.67. The van der Waals surface area contributed by atoms with E-state index in [1.165, 1.54) is 21.3 Å². The molecule has 0 amide bonds. The lowest BCUT2D eigenvalue weighted by Gasteiger charge is -2.09. The summed E-state index contributed by atoms with van der Waals surface area (Å²) < 4.78 is 14.4. The van der Waals surface area contributed by atoms with Gasteiger partial charge in [-0.15, -0.1) is 0 Å². The Balaban J connectivity index is 3.30. The number of hydrogen-bond acceptors (Lipinski definition) is 6. The highest BCUT2D eigenvalue weighted by Crippen LogP contribution is 2.21. The Morgan fingerprint density at radius 1 is 1.13 bits per heavy atom. The normalized spacial score (nSPS) is 9.60. The number of hydrogen-bond donors (Lipinski definition) is 0. The molecule has 1 aromatic heterocycles. The molecule has 0 aliphatic carbocycles. The number of carbonyl (C=O) groups is 1. The quantitative estimate of drug-likeness (QED) is 0.683. The number of rotatable bonds is 3. The molecule has 1 aromatic rings. The topological polar surface area (TPSA) is 70.5 Å². The van der Waals surface area contributed by atoms with E-state index in [9.17, 15) is 4.79 Å². The van der Waals surface area contributed by atoms with Gasteiger partial charge >= 0.3 is 12.0 Å². The van der Waals surface area contributed by atoms with Crippen LogP contribution in [0.5, 0.6) is 11.9 Å². The molecule has 0 spiro atoms. The molecule has 82 valence electrons. The van der Waals surface area contributed by atoms with E-state index in [0.717, 1.165) is 0 Å². The highest BCUT2D eigenvalue weighted by atomic mass is 16.5. The molecule has 1 heterocycles. The second kappa shape index (κ2) is 4.59. The van der Waals surface area contributed by atoms with Crippen LogP contribution < -0.4 is 9.47 Å². The number of ether oxygens (including phenoxy) is 3. The van der Waals surface area contributed by atoms with Gasteiger partial charge < -0.3 is 14.2 Å². The fourth-order valence-corrected chi connectivity index (χ4v) is 1.10. The number of nitrogens with zero attached hydrogens (tertiary/aromatic N) is 2. The number of methoxy groups -OCH3 is 3. The van der Waals surface area contributed by atoms with Crippen molar-refractivity contribution in [2.75, 3.05) is 21.3 Å². The molecule has 0 fully saturated rings. The Labute approximate surface area is 87.2 Å². The van der Waals surface area contributed by atoms with Crippen LogP contribution in [-0.4, -0.2) is 37.3 Å². The smallest absolute Gasteiger partial charge is 0.345 e. The maximum Gasteiger partial charge on any atom is 0.345 e. The fraction of sp³-hybridized carbons (Fsp3) is 0.444. The van der Waals surface area contributed by atoms with Crippen molar-refractivity contribution in [1.82, 2.24) is 9.97 Å². The Kier molecular flexibility index (Phi) is 3.43. The Bertz CT molecular complexity index is 379. The molecular formula is C9H12N2O4. The van der Waals surface area contributed by atoms with E-state index in [-0.39, 0.29) is 17.5 Å². The summed E-state index contributed by atoms with van der Waals surface area (Å²) in [4.78, 5) is 19.2. The van der Waals surface area contributed by atoms with Gasteiger partial charge in [0.1, 0.15) is 5.56 Å². The maximum absolute atomic E-state index is 11.4. The maximum atomic E-state index is 11.4. The molecule has 1 rings (SSSR count). The lowest BCUT2D eigenvalue weighted by atomic mass is 10.2. The summed E-state index contributed by atoms with van der Waals surface area (Å²) in [5.41, 5.74) is 0.659. The van der Waals surface area contributed by atoms with Crippen molar-refractivity contribution < 1.29 is 19.0 Å². The van der Waals surface area contributed by atoms with Crippen molar-refractivity contribution in [2.45, 2.75) is 6.92 Å². The highest BCUT2D eigenvalue weighted by Gasteiger charge is 2.20. The molecule has 0 atom stereocenters. The molecule has 6 heteroatoms. The van der Waals surface area contributed by atoms with E-state index in [1.807, 2.05) is 0 Å². The SMILES string of the molecule is COC(=O)c1c(C)nc(OC)nc1OC. The van der Waals surface area contributed by atoms with Crippen molar-refractivity contribution in [3.8, 4) is 11.9 Å².